The molecule has 0 spiro atoms. The lowest BCUT2D eigenvalue weighted by molar-refractivity contribution is 0.666. The van der Waals surface area contributed by atoms with Crippen LogP contribution < -0.4 is 4.90 Å². The van der Waals surface area contributed by atoms with Crippen LogP contribution >= 0.6 is 0 Å². The standard InChI is InChI=1S/C53H39N/c1-53(2)50-34-43(42-22-21-38-17-9-10-18-41(38)33-42)27-32-46(50)49-35-51(47-19-11-12-20-48(47)52(49)53)54(44-28-23-39(24-29-44)36-13-5-3-6-14-36)45-30-25-40(26-31-45)37-15-7-4-8-16-37/h3-35H,1-2H3. The molecule has 0 atom stereocenters. The van der Waals surface area contributed by atoms with Gasteiger partial charge in [-0.2, -0.15) is 0 Å². The molecule has 0 heterocycles. The summed E-state index contributed by atoms with van der Waals surface area (Å²) in [5.74, 6) is 0. The Labute approximate surface area is 317 Å². The topological polar surface area (TPSA) is 3.24 Å². The molecule has 1 nitrogen and oxygen atoms in total. The van der Waals surface area contributed by atoms with Gasteiger partial charge in [0.2, 0.25) is 0 Å². The van der Waals surface area contributed by atoms with Gasteiger partial charge in [0.15, 0.2) is 0 Å². The van der Waals surface area contributed by atoms with Gasteiger partial charge in [0.05, 0.1) is 5.69 Å². The lowest BCUT2D eigenvalue weighted by Crippen LogP contribution is -2.16. The molecule has 0 N–H and O–H groups in total. The monoisotopic (exact) mass is 689 g/mol. The summed E-state index contributed by atoms with van der Waals surface area (Å²) in [5.41, 5.74) is 16.0. The summed E-state index contributed by atoms with van der Waals surface area (Å²) in [6.45, 7) is 4.80. The highest BCUT2D eigenvalue weighted by Crippen LogP contribution is 2.55. The highest BCUT2D eigenvalue weighted by Gasteiger charge is 2.38. The predicted octanol–water partition coefficient (Wildman–Crippen LogP) is 14.8. The van der Waals surface area contributed by atoms with Crippen LogP contribution in [-0.4, -0.2) is 0 Å². The molecule has 1 aliphatic rings. The van der Waals surface area contributed by atoms with Crippen LogP contribution in [0.25, 0.3) is 66.1 Å². The summed E-state index contributed by atoms with van der Waals surface area (Å²) in [5, 5.41) is 5.07. The van der Waals surface area contributed by atoms with Gasteiger partial charge in [-0.3, -0.25) is 0 Å². The summed E-state index contributed by atoms with van der Waals surface area (Å²) in [6.07, 6.45) is 0. The molecule has 0 radical (unpaired) electrons. The maximum Gasteiger partial charge on any atom is 0.0546 e. The minimum absolute atomic E-state index is 0.185. The zero-order valence-electron chi connectivity index (χ0n) is 30.5. The number of hydrogen-bond acceptors (Lipinski definition) is 1. The quantitative estimate of drug-likeness (QED) is 0.168. The van der Waals surface area contributed by atoms with E-state index >= 15 is 0 Å². The van der Waals surface area contributed by atoms with Gasteiger partial charge >= 0.3 is 0 Å². The van der Waals surface area contributed by atoms with Crippen molar-refractivity contribution in [3.63, 3.8) is 0 Å². The van der Waals surface area contributed by atoms with Crippen molar-refractivity contribution in [2.45, 2.75) is 19.3 Å². The fourth-order valence-electron chi connectivity index (χ4n) is 8.70. The van der Waals surface area contributed by atoms with Crippen molar-refractivity contribution in [2.24, 2.45) is 0 Å². The first-order chi connectivity index (χ1) is 26.5. The largest absolute Gasteiger partial charge is 0.310 e. The second kappa shape index (κ2) is 12.8. The van der Waals surface area contributed by atoms with Gasteiger partial charge in [-0.05, 0) is 114 Å². The third kappa shape index (κ3) is 5.32. The van der Waals surface area contributed by atoms with Crippen molar-refractivity contribution in [1.29, 1.82) is 0 Å². The highest BCUT2D eigenvalue weighted by molar-refractivity contribution is 6.07. The van der Waals surface area contributed by atoms with Crippen LogP contribution in [0.1, 0.15) is 25.0 Å². The zero-order chi connectivity index (χ0) is 36.2. The second-order valence-corrected chi connectivity index (χ2v) is 15.0. The Bertz CT molecular complexity index is 2730. The van der Waals surface area contributed by atoms with Crippen molar-refractivity contribution in [3.8, 4) is 44.5 Å². The zero-order valence-corrected chi connectivity index (χ0v) is 30.5. The van der Waals surface area contributed by atoms with Crippen LogP contribution in [0.3, 0.4) is 0 Å². The summed E-state index contributed by atoms with van der Waals surface area (Å²) in [6, 6.07) is 73.3. The Morgan fingerprint density at radius 2 is 0.833 bits per heavy atom. The summed E-state index contributed by atoms with van der Waals surface area (Å²) in [7, 11) is 0. The Morgan fingerprint density at radius 1 is 0.352 bits per heavy atom. The average molecular weight is 690 g/mol. The normalized spacial score (nSPS) is 12.8. The molecular weight excluding hydrogens is 651 g/mol. The second-order valence-electron chi connectivity index (χ2n) is 15.0. The van der Waals surface area contributed by atoms with E-state index in [1.165, 1.54) is 82.9 Å². The van der Waals surface area contributed by atoms with Crippen LogP contribution in [0, 0.1) is 0 Å². The van der Waals surface area contributed by atoms with Crippen molar-refractivity contribution < 1.29 is 0 Å². The van der Waals surface area contributed by atoms with Gasteiger partial charge in [0.1, 0.15) is 0 Å². The molecule has 0 aliphatic heterocycles. The number of fused-ring (bicyclic) bond motifs is 6. The van der Waals surface area contributed by atoms with E-state index < -0.39 is 0 Å². The molecule has 0 amide bonds. The first-order valence-electron chi connectivity index (χ1n) is 18.8. The van der Waals surface area contributed by atoms with Crippen molar-refractivity contribution >= 4 is 38.6 Å². The molecule has 0 unspecified atom stereocenters. The maximum atomic E-state index is 2.46. The number of hydrogen-bond donors (Lipinski definition) is 0. The molecule has 256 valence electrons. The fraction of sp³-hybridized carbons (Fsp3) is 0.0566. The Balaban J connectivity index is 1.15. The summed E-state index contributed by atoms with van der Waals surface area (Å²) >= 11 is 0. The van der Waals surface area contributed by atoms with Crippen LogP contribution in [0.2, 0.25) is 0 Å². The van der Waals surface area contributed by atoms with Gasteiger partial charge in [0.25, 0.3) is 0 Å². The summed E-state index contributed by atoms with van der Waals surface area (Å²) < 4.78 is 0. The first kappa shape index (κ1) is 32.0. The predicted molar refractivity (Wildman–Crippen MR) is 230 cm³/mol. The minimum atomic E-state index is -0.185. The molecule has 9 aromatic carbocycles. The number of anilines is 3. The highest BCUT2D eigenvalue weighted by atomic mass is 15.1. The van der Waals surface area contributed by atoms with Crippen LogP contribution in [0.4, 0.5) is 17.1 Å². The minimum Gasteiger partial charge on any atom is -0.310 e. The lowest BCUT2D eigenvalue weighted by Gasteiger charge is -2.30. The molecule has 0 bridgehead atoms. The number of nitrogens with zero attached hydrogens (tertiary/aromatic N) is 1. The molecule has 0 aromatic heterocycles. The summed E-state index contributed by atoms with van der Waals surface area (Å²) in [4.78, 5) is 2.45. The van der Waals surface area contributed by atoms with E-state index in [1.54, 1.807) is 0 Å². The van der Waals surface area contributed by atoms with Gasteiger partial charge in [-0.15, -0.1) is 0 Å². The van der Waals surface area contributed by atoms with Gasteiger partial charge in [-0.25, -0.2) is 0 Å². The van der Waals surface area contributed by atoms with Gasteiger partial charge < -0.3 is 4.90 Å². The van der Waals surface area contributed by atoms with Crippen molar-refractivity contribution in [1.82, 2.24) is 0 Å². The molecule has 9 aromatic rings. The van der Waals surface area contributed by atoms with E-state index in [1.807, 2.05) is 0 Å². The SMILES string of the molecule is CC1(C)c2cc(-c3ccc4ccccc4c3)ccc2-c2cc(N(c3ccc(-c4ccccc4)cc3)c3ccc(-c4ccccc4)cc3)c3ccccc3c21. The molecule has 0 saturated carbocycles. The number of rotatable bonds is 6. The molecule has 1 aliphatic carbocycles. The molecule has 0 saturated heterocycles. The van der Waals surface area contributed by atoms with Crippen molar-refractivity contribution in [3.05, 3.63) is 211 Å². The smallest absolute Gasteiger partial charge is 0.0546 e. The Morgan fingerprint density at radius 3 is 1.46 bits per heavy atom. The maximum absolute atomic E-state index is 2.46. The van der Waals surface area contributed by atoms with Crippen LogP contribution in [0.15, 0.2) is 200 Å². The third-order valence-corrected chi connectivity index (χ3v) is 11.4. The first-order valence-corrected chi connectivity index (χ1v) is 18.8. The van der Waals surface area contributed by atoms with Gasteiger partial charge in [0, 0.05) is 22.2 Å². The molecule has 10 rings (SSSR count). The Kier molecular flexibility index (Phi) is 7.56. The van der Waals surface area contributed by atoms with E-state index in [0.29, 0.717) is 0 Å². The molecule has 1 heteroatoms. The van der Waals surface area contributed by atoms with E-state index in [9.17, 15) is 0 Å². The average Bonchev–Trinajstić information content (AvgIpc) is 3.47. The van der Waals surface area contributed by atoms with Crippen LogP contribution in [0.5, 0.6) is 0 Å². The Hall–Kier alpha value is -6.70. The van der Waals surface area contributed by atoms with Crippen molar-refractivity contribution in [2.75, 3.05) is 4.90 Å². The van der Waals surface area contributed by atoms with E-state index in [-0.39, 0.29) is 5.41 Å². The van der Waals surface area contributed by atoms with Gasteiger partial charge in [-0.1, -0.05) is 172 Å². The fourth-order valence-corrected chi connectivity index (χ4v) is 8.70. The van der Waals surface area contributed by atoms with E-state index in [2.05, 4.69) is 219 Å². The molecule has 0 fully saturated rings. The van der Waals surface area contributed by atoms with E-state index in [4.69, 9.17) is 0 Å². The third-order valence-electron chi connectivity index (χ3n) is 11.4. The molecular formula is C53H39N. The lowest BCUT2D eigenvalue weighted by atomic mass is 9.79. The molecule has 54 heavy (non-hydrogen) atoms. The number of benzene rings is 9. The van der Waals surface area contributed by atoms with Crippen LogP contribution in [-0.2, 0) is 5.41 Å². The van der Waals surface area contributed by atoms with E-state index in [0.717, 1.165) is 11.4 Å².